The number of piperazine rings is 1. The molecule has 2 heterocycles. The van der Waals surface area contributed by atoms with Crippen molar-refractivity contribution in [3.05, 3.63) is 23.8 Å². The topological polar surface area (TPSA) is 45.3 Å². The van der Waals surface area contributed by atoms with Gasteiger partial charge in [-0.05, 0) is 44.5 Å². The maximum absolute atomic E-state index is 12.1. The molecule has 1 aromatic rings. The average molecular weight is 376 g/mol. The highest BCUT2D eigenvalue weighted by molar-refractivity contribution is 5.76. The fourth-order valence-electron chi connectivity index (χ4n) is 4.21. The van der Waals surface area contributed by atoms with Gasteiger partial charge in [0.1, 0.15) is 6.61 Å². The normalized spacial score (nSPS) is 24.9. The molecule has 6 heteroatoms. The second-order valence-corrected chi connectivity index (χ2v) is 7.99. The number of hydrogen-bond donors (Lipinski definition) is 0. The van der Waals surface area contributed by atoms with Crippen LogP contribution in [0.1, 0.15) is 24.8 Å². The summed E-state index contributed by atoms with van der Waals surface area (Å²) in [4.78, 5) is 18.9. The Kier molecular flexibility index (Phi) is 6.27. The molecule has 0 saturated carbocycles. The molecule has 150 valence electrons. The van der Waals surface area contributed by atoms with Crippen molar-refractivity contribution in [1.29, 1.82) is 0 Å². The Balaban J connectivity index is 1.58. The van der Waals surface area contributed by atoms with Crippen LogP contribution in [0.15, 0.2) is 18.2 Å². The standard InChI is InChI=1S/C21H33N3O3/c1-17-5-6-18(19(15-17)26-4)27-14-13-24-12-11-23(3)21(16-24)8-7-20(25)22(2)10-9-21/h5-6,15H,7-14,16H2,1-4H3. The van der Waals surface area contributed by atoms with Crippen LogP contribution in [0.5, 0.6) is 11.5 Å². The summed E-state index contributed by atoms with van der Waals surface area (Å²) >= 11 is 0. The lowest BCUT2D eigenvalue weighted by atomic mass is 9.86. The quantitative estimate of drug-likeness (QED) is 0.788. The van der Waals surface area contributed by atoms with E-state index in [1.807, 2.05) is 37.1 Å². The molecule has 0 radical (unpaired) electrons. The Bertz CT molecular complexity index is 666. The summed E-state index contributed by atoms with van der Waals surface area (Å²) in [5.41, 5.74) is 1.26. The summed E-state index contributed by atoms with van der Waals surface area (Å²) < 4.78 is 11.4. The number of benzene rings is 1. The Hall–Kier alpha value is -1.79. The predicted octanol–water partition coefficient (Wildman–Crippen LogP) is 2.01. The Morgan fingerprint density at radius 3 is 2.70 bits per heavy atom. The number of ether oxygens (including phenoxy) is 2. The molecule has 27 heavy (non-hydrogen) atoms. The van der Waals surface area contributed by atoms with Gasteiger partial charge >= 0.3 is 0 Å². The number of hydrogen-bond acceptors (Lipinski definition) is 5. The first-order chi connectivity index (χ1) is 12.9. The molecule has 0 N–H and O–H groups in total. The van der Waals surface area contributed by atoms with Gasteiger partial charge in [0.2, 0.25) is 5.91 Å². The van der Waals surface area contributed by atoms with E-state index in [2.05, 4.69) is 16.8 Å². The maximum atomic E-state index is 12.1. The number of carbonyl (C=O) groups excluding carboxylic acids is 1. The van der Waals surface area contributed by atoms with E-state index < -0.39 is 0 Å². The maximum Gasteiger partial charge on any atom is 0.222 e. The van der Waals surface area contributed by atoms with E-state index in [1.165, 1.54) is 0 Å². The van der Waals surface area contributed by atoms with E-state index >= 15 is 0 Å². The van der Waals surface area contributed by atoms with Gasteiger partial charge in [-0.2, -0.15) is 0 Å². The zero-order valence-corrected chi connectivity index (χ0v) is 17.2. The largest absolute Gasteiger partial charge is 0.493 e. The molecular weight excluding hydrogens is 342 g/mol. The lowest BCUT2D eigenvalue weighted by Gasteiger charge is -2.49. The van der Waals surface area contributed by atoms with Crippen LogP contribution in [0.25, 0.3) is 0 Å². The SMILES string of the molecule is COc1cc(C)ccc1OCCN1CCN(C)C2(CCC(=O)N(C)CC2)C1. The third-order valence-electron chi connectivity index (χ3n) is 6.21. The van der Waals surface area contributed by atoms with Crippen LogP contribution in [-0.4, -0.2) is 86.7 Å². The first-order valence-corrected chi connectivity index (χ1v) is 9.88. The molecule has 2 fully saturated rings. The van der Waals surface area contributed by atoms with Crippen LogP contribution in [-0.2, 0) is 4.79 Å². The molecule has 2 saturated heterocycles. The van der Waals surface area contributed by atoms with Gasteiger partial charge in [0, 0.05) is 51.7 Å². The predicted molar refractivity (Wildman–Crippen MR) is 107 cm³/mol. The smallest absolute Gasteiger partial charge is 0.222 e. The molecule has 2 aliphatic heterocycles. The molecule has 6 nitrogen and oxygen atoms in total. The van der Waals surface area contributed by atoms with Crippen LogP contribution in [0.3, 0.4) is 0 Å². The Labute approximate surface area is 163 Å². The molecule has 2 aliphatic rings. The van der Waals surface area contributed by atoms with Crippen molar-refractivity contribution < 1.29 is 14.3 Å². The van der Waals surface area contributed by atoms with E-state index in [-0.39, 0.29) is 11.4 Å². The Morgan fingerprint density at radius 1 is 1.11 bits per heavy atom. The summed E-state index contributed by atoms with van der Waals surface area (Å²) in [5, 5.41) is 0. The number of likely N-dealkylation sites (tertiary alicyclic amines) is 1. The van der Waals surface area contributed by atoms with Crippen molar-refractivity contribution >= 4 is 5.91 Å². The molecule has 1 unspecified atom stereocenters. The van der Waals surface area contributed by atoms with Gasteiger partial charge in [-0.25, -0.2) is 0 Å². The zero-order valence-electron chi connectivity index (χ0n) is 17.2. The third kappa shape index (κ3) is 4.55. The molecule has 3 rings (SSSR count). The summed E-state index contributed by atoms with van der Waals surface area (Å²) in [6, 6.07) is 6.02. The molecule has 0 aromatic heterocycles. The number of rotatable bonds is 5. The van der Waals surface area contributed by atoms with Crippen LogP contribution in [0.4, 0.5) is 0 Å². The zero-order chi connectivity index (χ0) is 19.4. The monoisotopic (exact) mass is 375 g/mol. The fraction of sp³-hybridized carbons (Fsp3) is 0.667. The minimum Gasteiger partial charge on any atom is -0.493 e. The lowest BCUT2D eigenvalue weighted by molar-refractivity contribution is -0.129. The molecule has 1 spiro atoms. The van der Waals surface area contributed by atoms with E-state index in [4.69, 9.17) is 9.47 Å². The number of likely N-dealkylation sites (N-methyl/N-ethyl adjacent to an activating group) is 1. The van der Waals surface area contributed by atoms with E-state index in [0.717, 1.165) is 62.6 Å². The van der Waals surface area contributed by atoms with Crippen molar-refractivity contribution in [1.82, 2.24) is 14.7 Å². The van der Waals surface area contributed by atoms with E-state index in [0.29, 0.717) is 13.0 Å². The van der Waals surface area contributed by atoms with Crippen LogP contribution in [0.2, 0.25) is 0 Å². The molecule has 0 aliphatic carbocycles. The highest BCUT2D eigenvalue weighted by Crippen LogP contribution is 2.32. The number of amides is 1. The second kappa shape index (κ2) is 8.48. The molecule has 0 bridgehead atoms. The number of aryl methyl sites for hydroxylation is 1. The highest BCUT2D eigenvalue weighted by Gasteiger charge is 2.41. The highest BCUT2D eigenvalue weighted by atomic mass is 16.5. The van der Waals surface area contributed by atoms with E-state index in [9.17, 15) is 4.79 Å². The number of nitrogens with zero attached hydrogens (tertiary/aromatic N) is 3. The van der Waals surface area contributed by atoms with Gasteiger partial charge in [0.05, 0.1) is 7.11 Å². The molecular formula is C21H33N3O3. The van der Waals surface area contributed by atoms with Gasteiger partial charge in [-0.15, -0.1) is 0 Å². The van der Waals surface area contributed by atoms with Crippen LogP contribution < -0.4 is 9.47 Å². The second-order valence-electron chi connectivity index (χ2n) is 7.99. The van der Waals surface area contributed by atoms with Crippen molar-refractivity contribution in [2.75, 3.05) is 60.5 Å². The Morgan fingerprint density at radius 2 is 1.93 bits per heavy atom. The summed E-state index contributed by atoms with van der Waals surface area (Å²) in [6.07, 6.45) is 2.62. The average Bonchev–Trinajstić information content (AvgIpc) is 2.80. The molecule has 1 aromatic carbocycles. The third-order valence-corrected chi connectivity index (χ3v) is 6.21. The van der Waals surface area contributed by atoms with Crippen molar-refractivity contribution in [2.24, 2.45) is 0 Å². The lowest BCUT2D eigenvalue weighted by Crippen LogP contribution is -2.61. The summed E-state index contributed by atoms with van der Waals surface area (Å²) in [5.74, 6) is 1.86. The van der Waals surface area contributed by atoms with Gasteiger partial charge < -0.3 is 14.4 Å². The molecule has 1 amide bonds. The van der Waals surface area contributed by atoms with Crippen molar-refractivity contribution in [3.63, 3.8) is 0 Å². The van der Waals surface area contributed by atoms with Crippen molar-refractivity contribution in [3.8, 4) is 11.5 Å². The summed E-state index contributed by atoms with van der Waals surface area (Å²) in [7, 11) is 5.81. The van der Waals surface area contributed by atoms with Crippen LogP contribution >= 0.6 is 0 Å². The van der Waals surface area contributed by atoms with Crippen LogP contribution in [0, 0.1) is 6.92 Å². The van der Waals surface area contributed by atoms with Gasteiger partial charge in [0.25, 0.3) is 0 Å². The summed E-state index contributed by atoms with van der Waals surface area (Å²) in [6.45, 7) is 7.48. The minimum atomic E-state index is 0.0974. The molecule has 1 atom stereocenters. The van der Waals surface area contributed by atoms with Gasteiger partial charge in [0.15, 0.2) is 11.5 Å². The first kappa shape index (κ1) is 20.0. The van der Waals surface area contributed by atoms with Gasteiger partial charge in [-0.1, -0.05) is 6.07 Å². The minimum absolute atomic E-state index is 0.0974. The van der Waals surface area contributed by atoms with Crippen molar-refractivity contribution in [2.45, 2.75) is 31.7 Å². The van der Waals surface area contributed by atoms with E-state index in [1.54, 1.807) is 7.11 Å². The van der Waals surface area contributed by atoms with Gasteiger partial charge in [-0.3, -0.25) is 14.6 Å². The first-order valence-electron chi connectivity index (χ1n) is 9.88. The number of carbonyl (C=O) groups is 1. The fourth-order valence-corrected chi connectivity index (χ4v) is 4.21. The number of methoxy groups -OCH3 is 1.